The second-order valence-electron chi connectivity index (χ2n) is 2.63. The van der Waals surface area contributed by atoms with E-state index < -0.39 is 0 Å². The standard InChI is InChI=1S/C8H14O3/c1-7-3-2-4-8(11-7)5-10-6-9/h2-3,7-9H,4-6H2,1H3. The highest BCUT2D eigenvalue weighted by Gasteiger charge is 2.14. The quantitative estimate of drug-likeness (QED) is 0.485. The van der Waals surface area contributed by atoms with Crippen LogP contribution in [0.15, 0.2) is 12.2 Å². The maximum atomic E-state index is 8.37. The van der Waals surface area contributed by atoms with Crippen LogP contribution < -0.4 is 0 Å². The zero-order valence-electron chi connectivity index (χ0n) is 6.69. The van der Waals surface area contributed by atoms with Gasteiger partial charge in [-0.2, -0.15) is 0 Å². The molecule has 2 unspecified atom stereocenters. The van der Waals surface area contributed by atoms with Gasteiger partial charge in [-0.25, -0.2) is 0 Å². The summed E-state index contributed by atoms with van der Waals surface area (Å²) < 4.78 is 10.3. The van der Waals surface area contributed by atoms with Gasteiger partial charge in [-0.3, -0.25) is 0 Å². The fourth-order valence-corrected chi connectivity index (χ4v) is 1.12. The van der Waals surface area contributed by atoms with E-state index in [1.54, 1.807) is 0 Å². The van der Waals surface area contributed by atoms with Gasteiger partial charge in [0.05, 0.1) is 18.8 Å². The molecule has 1 rings (SSSR count). The van der Waals surface area contributed by atoms with Gasteiger partial charge < -0.3 is 14.6 Å². The summed E-state index contributed by atoms with van der Waals surface area (Å²) in [6.45, 7) is 2.24. The van der Waals surface area contributed by atoms with Gasteiger partial charge >= 0.3 is 0 Å². The molecular weight excluding hydrogens is 144 g/mol. The zero-order valence-corrected chi connectivity index (χ0v) is 6.69. The minimum atomic E-state index is -0.224. The Morgan fingerprint density at radius 1 is 1.73 bits per heavy atom. The normalized spacial score (nSPS) is 30.7. The van der Waals surface area contributed by atoms with E-state index in [0.717, 1.165) is 6.42 Å². The van der Waals surface area contributed by atoms with Crippen molar-refractivity contribution in [3.05, 3.63) is 12.2 Å². The molecule has 1 aliphatic rings. The number of ether oxygens (including phenoxy) is 2. The minimum Gasteiger partial charge on any atom is -0.371 e. The molecule has 0 spiro atoms. The van der Waals surface area contributed by atoms with Gasteiger partial charge in [-0.15, -0.1) is 0 Å². The van der Waals surface area contributed by atoms with Crippen molar-refractivity contribution in [3.8, 4) is 0 Å². The molecule has 2 atom stereocenters. The Hall–Kier alpha value is -0.380. The monoisotopic (exact) mass is 158 g/mol. The van der Waals surface area contributed by atoms with E-state index in [-0.39, 0.29) is 19.0 Å². The molecule has 0 aromatic carbocycles. The Kier molecular flexibility index (Phi) is 3.56. The van der Waals surface area contributed by atoms with Gasteiger partial charge in [0.15, 0.2) is 0 Å². The summed E-state index contributed by atoms with van der Waals surface area (Å²) in [6.07, 6.45) is 5.28. The summed E-state index contributed by atoms with van der Waals surface area (Å²) in [5.74, 6) is 0. The van der Waals surface area contributed by atoms with Crippen molar-refractivity contribution >= 4 is 0 Å². The predicted octanol–water partition coefficient (Wildman–Crippen LogP) is 0.686. The molecule has 1 N–H and O–H groups in total. The van der Waals surface area contributed by atoms with E-state index in [4.69, 9.17) is 14.6 Å². The first-order valence-electron chi connectivity index (χ1n) is 3.83. The van der Waals surface area contributed by atoms with Gasteiger partial charge in [0.2, 0.25) is 0 Å². The van der Waals surface area contributed by atoms with E-state index in [1.807, 2.05) is 13.0 Å². The Morgan fingerprint density at radius 3 is 3.18 bits per heavy atom. The van der Waals surface area contributed by atoms with Crippen LogP contribution in [0.3, 0.4) is 0 Å². The van der Waals surface area contributed by atoms with Crippen LogP contribution in [-0.2, 0) is 9.47 Å². The lowest BCUT2D eigenvalue weighted by atomic mass is 10.2. The highest BCUT2D eigenvalue weighted by atomic mass is 16.6. The Bertz CT molecular complexity index is 133. The molecule has 3 heteroatoms. The Balaban J connectivity index is 2.20. The summed E-state index contributed by atoms with van der Waals surface area (Å²) in [6, 6.07) is 0. The first-order valence-corrected chi connectivity index (χ1v) is 3.83. The van der Waals surface area contributed by atoms with Gasteiger partial charge in [-0.1, -0.05) is 12.2 Å². The van der Waals surface area contributed by atoms with Crippen molar-refractivity contribution in [1.29, 1.82) is 0 Å². The van der Waals surface area contributed by atoms with E-state index in [1.165, 1.54) is 0 Å². The molecule has 3 nitrogen and oxygen atoms in total. The maximum Gasteiger partial charge on any atom is 0.143 e. The van der Waals surface area contributed by atoms with Gasteiger partial charge in [0.25, 0.3) is 0 Å². The number of aliphatic hydroxyl groups is 1. The molecule has 1 heterocycles. The third kappa shape index (κ3) is 3.01. The van der Waals surface area contributed by atoms with Crippen molar-refractivity contribution in [2.24, 2.45) is 0 Å². The number of hydrogen-bond donors (Lipinski definition) is 1. The van der Waals surface area contributed by atoms with Crippen molar-refractivity contribution in [3.63, 3.8) is 0 Å². The molecule has 11 heavy (non-hydrogen) atoms. The largest absolute Gasteiger partial charge is 0.371 e. The van der Waals surface area contributed by atoms with E-state index in [0.29, 0.717) is 6.61 Å². The molecule has 0 saturated carbocycles. The highest BCUT2D eigenvalue weighted by molar-refractivity contribution is 4.94. The Labute approximate surface area is 66.6 Å². The van der Waals surface area contributed by atoms with Gasteiger partial charge in [0.1, 0.15) is 6.79 Å². The van der Waals surface area contributed by atoms with Crippen LogP contribution in [0.1, 0.15) is 13.3 Å². The molecule has 0 fully saturated rings. The van der Waals surface area contributed by atoms with Crippen LogP contribution in [0.5, 0.6) is 0 Å². The highest BCUT2D eigenvalue weighted by Crippen LogP contribution is 2.11. The number of hydrogen-bond acceptors (Lipinski definition) is 3. The van der Waals surface area contributed by atoms with Crippen LogP contribution in [-0.4, -0.2) is 30.7 Å². The molecule has 0 radical (unpaired) electrons. The molecule has 0 amide bonds. The van der Waals surface area contributed by atoms with Crippen LogP contribution in [0.2, 0.25) is 0 Å². The van der Waals surface area contributed by atoms with E-state index >= 15 is 0 Å². The molecule has 0 aromatic heterocycles. The Morgan fingerprint density at radius 2 is 2.55 bits per heavy atom. The molecular formula is C8H14O3. The second-order valence-corrected chi connectivity index (χ2v) is 2.63. The van der Waals surface area contributed by atoms with Crippen LogP contribution in [0, 0.1) is 0 Å². The topological polar surface area (TPSA) is 38.7 Å². The molecule has 0 aliphatic carbocycles. The lowest BCUT2D eigenvalue weighted by molar-refractivity contribution is -0.0774. The van der Waals surface area contributed by atoms with Crippen molar-refractivity contribution < 1.29 is 14.6 Å². The van der Waals surface area contributed by atoms with E-state index in [9.17, 15) is 0 Å². The molecule has 64 valence electrons. The molecule has 0 saturated heterocycles. The third-order valence-corrected chi connectivity index (χ3v) is 1.61. The van der Waals surface area contributed by atoms with Crippen molar-refractivity contribution in [2.75, 3.05) is 13.4 Å². The fraction of sp³-hybridized carbons (Fsp3) is 0.750. The first-order chi connectivity index (χ1) is 5.33. The second kappa shape index (κ2) is 4.49. The van der Waals surface area contributed by atoms with Crippen LogP contribution >= 0.6 is 0 Å². The number of aliphatic hydroxyl groups excluding tert-OH is 1. The van der Waals surface area contributed by atoms with Crippen molar-refractivity contribution in [2.45, 2.75) is 25.6 Å². The summed E-state index contributed by atoms with van der Waals surface area (Å²) in [5, 5.41) is 8.37. The van der Waals surface area contributed by atoms with Gasteiger partial charge in [-0.05, 0) is 13.3 Å². The number of rotatable bonds is 3. The third-order valence-electron chi connectivity index (χ3n) is 1.61. The predicted molar refractivity (Wildman–Crippen MR) is 41.1 cm³/mol. The lowest BCUT2D eigenvalue weighted by Crippen LogP contribution is -2.26. The smallest absolute Gasteiger partial charge is 0.143 e. The molecule has 0 aromatic rings. The summed E-state index contributed by atoms with van der Waals surface area (Å²) in [7, 11) is 0. The minimum absolute atomic E-state index is 0.113. The van der Waals surface area contributed by atoms with E-state index in [2.05, 4.69) is 6.08 Å². The lowest BCUT2D eigenvalue weighted by Gasteiger charge is -2.22. The van der Waals surface area contributed by atoms with Gasteiger partial charge in [0, 0.05) is 0 Å². The molecule has 0 bridgehead atoms. The summed E-state index contributed by atoms with van der Waals surface area (Å²) in [5.41, 5.74) is 0. The van der Waals surface area contributed by atoms with Crippen LogP contribution in [0.25, 0.3) is 0 Å². The van der Waals surface area contributed by atoms with Crippen LogP contribution in [0.4, 0.5) is 0 Å². The maximum absolute atomic E-state index is 8.37. The average molecular weight is 158 g/mol. The average Bonchev–Trinajstić information content (AvgIpc) is 2.01. The summed E-state index contributed by atoms with van der Waals surface area (Å²) in [4.78, 5) is 0. The molecule has 1 aliphatic heterocycles. The SMILES string of the molecule is CC1C=CCC(COCO)O1. The summed E-state index contributed by atoms with van der Waals surface area (Å²) >= 11 is 0. The fourth-order valence-electron chi connectivity index (χ4n) is 1.12. The first kappa shape index (κ1) is 8.71. The zero-order chi connectivity index (χ0) is 8.10. The van der Waals surface area contributed by atoms with Crippen molar-refractivity contribution in [1.82, 2.24) is 0 Å².